The Morgan fingerprint density at radius 1 is 0.533 bits per heavy atom. The quantitative estimate of drug-likeness (QED) is 0.120. The second kappa shape index (κ2) is 12.7. The summed E-state index contributed by atoms with van der Waals surface area (Å²) in [6, 6.07) is 13.3. The molecule has 2 aromatic carbocycles. The Morgan fingerprint density at radius 2 is 0.889 bits per heavy atom. The van der Waals surface area contributed by atoms with Crippen LogP contribution in [-0.4, -0.2) is 9.13 Å². The molecular formula is C38H38F4N2Ti. The van der Waals surface area contributed by atoms with E-state index in [0.29, 0.717) is 46.3 Å². The van der Waals surface area contributed by atoms with Gasteiger partial charge in [0.15, 0.2) is 0 Å². The first-order chi connectivity index (χ1) is 21.8. The molecular weight excluding hydrogens is 608 g/mol. The van der Waals surface area contributed by atoms with E-state index in [4.69, 9.17) is 0 Å². The fourth-order valence-electron chi connectivity index (χ4n) is 7.31. The SMILES string of the molecule is CCc1ccc(CC)n1-c1ccc(F)[c]([Ti]([C]2=CC=CC2)([C]2=CC=CC2)[c]2c(F)ccc(-n3c(CC)ccc3CC)c2F)c1F. The number of aryl methyl sites for hydroxylation is 4. The van der Waals surface area contributed by atoms with Crippen LogP contribution in [0.3, 0.4) is 0 Å². The molecule has 0 radical (unpaired) electrons. The van der Waals surface area contributed by atoms with Gasteiger partial charge in [-0.3, -0.25) is 0 Å². The van der Waals surface area contributed by atoms with Crippen molar-refractivity contribution in [2.24, 2.45) is 0 Å². The summed E-state index contributed by atoms with van der Waals surface area (Å²) in [5.74, 6) is -3.03. The van der Waals surface area contributed by atoms with Gasteiger partial charge in [0.1, 0.15) is 0 Å². The van der Waals surface area contributed by atoms with Gasteiger partial charge in [-0.25, -0.2) is 0 Å². The summed E-state index contributed by atoms with van der Waals surface area (Å²) in [7, 11) is 0. The van der Waals surface area contributed by atoms with Crippen molar-refractivity contribution in [2.75, 3.05) is 0 Å². The van der Waals surface area contributed by atoms with Crippen LogP contribution in [0.1, 0.15) is 63.3 Å². The van der Waals surface area contributed by atoms with Crippen LogP contribution >= 0.6 is 0 Å². The molecule has 2 aliphatic rings. The second-order valence-corrected chi connectivity index (χ2v) is 17.5. The van der Waals surface area contributed by atoms with Crippen LogP contribution in [0, 0.1) is 23.3 Å². The van der Waals surface area contributed by atoms with E-state index in [1.54, 1.807) is 0 Å². The van der Waals surface area contributed by atoms with Crippen molar-refractivity contribution >= 4 is 7.74 Å². The maximum atomic E-state index is 17.5. The van der Waals surface area contributed by atoms with Crippen LogP contribution in [0.2, 0.25) is 0 Å². The van der Waals surface area contributed by atoms with Crippen molar-refractivity contribution < 1.29 is 34.2 Å². The topological polar surface area (TPSA) is 9.86 Å². The van der Waals surface area contributed by atoms with Crippen LogP contribution in [0.4, 0.5) is 17.6 Å². The molecule has 2 nitrogen and oxygen atoms in total. The molecule has 4 aromatic rings. The minimum atomic E-state index is -4.99. The molecule has 7 heteroatoms. The van der Waals surface area contributed by atoms with Gasteiger partial charge < -0.3 is 0 Å². The van der Waals surface area contributed by atoms with Crippen LogP contribution in [0.25, 0.3) is 11.4 Å². The Kier molecular flexibility index (Phi) is 8.82. The standard InChI is InChI=1S/2C14H14F2N.2C5H5.Ti/c2*1-3-11-6-7-12(4-2)17(11)14-8-5-10(15)9-13(14)16;2*1-2-4-5-3-1;/h2*5-8H,3-4H2,1-2H3;2*1-3H,4H2;. The Morgan fingerprint density at radius 3 is 1.18 bits per heavy atom. The minimum absolute atomic E-state index is 0.177. The molecule has 2 aromatic heterocycles. The first kappa shape index (κ1) is 31.4. The van der Waals surface area contributed by atoms with E-state index < -0.39 is 39.9 Å². The fourth-order valence-corrected chi connectivity index (χ4v) is 15.6. The first-order valence-electron chi connectivity index (χ1n) is 15.9. The van der Waals surface area contributed by atoms with Gasteiger partial charge in [0.2, 0.25) is 0 Å². The molecule has 0 atom stereocenters. The summed E-state index contributed by atoms with van der Waals surface area (Å²) < 4.78 is 73.1. The summed E-state index contributed by atoms with van der Waals surface area (Å²) in [6.45, 7) is 7.97. The molecule has 2 aliphatic carbocycles. The number of benzene rings is 2. The predicted molar refractivity (Wildman–Crippen MR) is 172 cm³/mol. The van der Waals surface area contributed by atoms with Crippen LogP contribution < -0.4 is 7.74 Å². The third kappa shape index (κ3) is 4.89. The molecule has 0 amide bonds. The van der Waals surface area contributed by atoms with Gasteiger partial charge in [-0.1, -0.05) is 0 Å². The van der Waals surface area contributed by atoms with Gasteiger partial charge in [-0.2, -0.15) is 0 Å². The van der Waals surface area contributed by atoms with E-state index in [2.05, 4.69) is 0 Å². The number of nitrogens with zero attached hydrogens (tertiary/aromatic N) is 2. The van der Waals surface area contributed by atoms with Gasteiger partial charge in [0.25, 0.3) is 0 Å². The molecule has 2 heterocycles. The number of hydrogen-bond donors (Lipinski definition) is 0. The third-order valence-corrected chi connectivity index (χ3v) is 17.4. The van der Waals surface area contributed by atoms with E-state index in [0.717, 1.165) is 22.8 Å². The molecule has 0 bridgehead atoms. The number of halogens is 4. The summed E-state index contributed by atoms with van der Waals surface area (Å²) >= 11 is -4.99. The van der Waals surface area contributed by atoms with Crippen molar-refractivity contribution in [3.05, 3.63) is 139 Å². The zero-order valence-corrected chi connectivity index (χ0v) is 27.8. The Labute approximate surface area is 266 Å². The van der Waals surface area contributed by atoms with Crippen molar-refractivity contribution in [1.82, 2.24) is 9.13 Å². The fraction of sp³-hybridized carbons (Fsp3) is 0.263. The Balaban J connectivity index is 1.76. The zero-order chi connectivity index (χ0) is 31.9. The molecule has 0 spiro atoms. The zero-order valence-electron chi connectivity index (χ0n) is 26.2. The second-order valence-electron chi connectivity index (χ2n) is 11.6. The molecule has 0 aliphatic heterocycles. The van der Waals surface area contributed by atoms with Crippen molar-refractivity contribution in [3.8, 4) is 11.4 Å². The van der Waals surface area contributed by atoms with E-state index in [1.165, 1.54) is 24.3 Å². The van der Waals surface area contributed by atoms with Gasteiger partial charge in [-0.15, -0.1) is 0 Å². The molecule has 0 unspecified atom stereocenters. The number of aromatic nitrogens is 2. The third-order valence-electron chi connectivity index (χ3n) is 9.41. The average Bonchev–Trinajstić information content (AvgIpc) is 3.87. The molecule has 6 rings (SSSR count). The van der Waals surface area contributed by atoms with Crippen LogP contribution in [0.15, 0.2) is 92.7 Å². The molecule has 232 valence electrons. The predicted octanol–water partition coefficient (Wildman–Crippen LogP) is 8.87. The monoisotopic (exact) mass is 646 g/mol. The molecule has 0 saturated heterocycles. The van der Waals surface area contributed by atoms with Crippen molar-refractivity contribution in [2.45, 2.75) is 66.2 Å². The van der Waals surface area contributed by atoms with E-state index in [-0.39, 0.29) is 19.1 Å². The van der Waals surface area contributed by atoms with Crippen molar-refractivity contribution in [3.63, 3.8) is 0 Å². The van der Waals surface area contributed by atoms with E-state index in [1.807, 2.05) is 97.6 Å². The molecule has 0 N–H and O–H groups in total. The number of allylic oxidation sites excluding steroid dienone is 8. The van der Waals surface area contributed by atoms with Crippen molar-refractivity contribution in [1.29, 1.82) is 0 Å². The van der Waals surface area contributed by atoms with Gasteiger partial charge in [0, 0.05) is 0 Å². The number of rotatable bonds is 10. The maximum absolute atomic E-state index is 17.5. The van der Waals surface area contributed by atoms with Crippen LogP contribution in [0.5, 0.6) is 0 Å². The summed E-state index contributed by atoms with van der Waals surface area (Å²) in [4.78, 5) is 0. The van der Waals surface area contributed by atoms with Gasteiger partial charge >= 0.3 is 267 Å². The van der Waals surface area contributed by atoms with Crippen LogP contribution in [-0.2, 0) is 42.3 Å². The Bertz CT molecular complexity index is 1720. The molecule has 0 saturated carbocycles. The average molecular weight is 647 g/mol. The van der Waals surface area contributed by atoms with Gasteiger partial charge in [0.05, 0.1) is 0 Å². The summed E-state index contributed by atoms with van der Waals surface area (Å²) in [5.41, 5.74) is 3.96. The first-order valence-corrected chi connectivity index (χ1v) is 19.0. The van der Waals surface area contributed by atoms with E-state index >= 15 is 17.6 Å². The summed E-state index contributed by atoms with van der Waals surface area (Å²) in [6.07, 6.45) is 14.5. The molecule has 0 fully saturated rings. The van der Waals surface area contributed by atoms with Gasteiger partial charge in [-0.05, 0) is 0 Å². The summed E-state index contributed by atoms with van der Waals surface area (Å²) in [5, 5.41) is 0. The van der Waals surface area contributed by atoms with E-state index in [9.17, 15) is 0 Å². The normalized spacial score (nSPS) is 14.5. The number of hydrogen-bond acceptors (Lipinski definition) is 0. The Hall–Kier alpha value is -3.61. The molecule has 45 heavy (non-hydrogen) atoms.